The summed E-state index contributed by atoms with van der Waals surface area (Å²) in [6.45, 7) is 8.35. The van der Waals surface area contributed by atoms with Crippen LogP contribution < -0.4 is 4.90 Å². The molecule has 3 aliphatic rings. The number of aryl methyl sites for hydroxylation is 1. The molecule has 1 aliphatic heterocycles. The van der Waals surface area contributed by atoms with Gasteiger partial charge in [-0.2, -0.15) is 5.10 Å². The molecular formula is C29H38N6O3S. The molecule has 1 saturated heterocycles. The highest BCUT2D eigenvalue weighted by atomic mass is 32.2. The average Bonchev–Trinajstić information content (AvgIpc) is 3.38. The number of hydrogen-bond donors (Lipinski definition) is 0. The molecule has 0 amide bonds. The molecule has 10 heteroatoms. The van der Waals surface area contributed by atoms with Crippen molar-refractivity contribution in [2.24, 2.45) is 16.7 Å². The lowest BCUT2D eigenvalue weighted by Crippen LogP contribution is -2.47. The zero-order valence-corrected chi connectivity index (χ0v) is 24.0. The van der Waals surface area contributed by atoms with Crippen LogP contribution in [0, 0.1) is 16.7 Å². The van der Waals surface area contributed by atoms with Crippen LogP contribution in [-0.2, 0) is 21.2 Å². The van der Waals surface area contributed by atoms with Crippen molar-refractivity contribution in [1.29, 1.82) is 0 Å². The maximum Gasteiger partial charge on any atom is 0.215 e. The van der Waals surface area contributed by atoms with E-state index in [4.69, 9.17) is 9.97 Å². The molecule has 3 heterocycles. The first-order chi connectivity index (χ1) is 18.7. The number of nitrogens with zero attached hydrogens (tertiary/aromatic N) is 6. The lowest BCUT2D eigenvalue weighted by Gasteiger charge is -2.37. The fraction of sp³-hybridized carbons (Fsp3) is 0.586. The lowest BCUT2D eigenvalue weighted by atomic mass is 9.70. The summed E-state index contributed by atoms with van der Waals surface area (Å²) in [5, 5.41) is 5.51. The van der Waals surface area contributed by atoms with Crippen molar-refractivity contribution in [3.05, 3.63) is 42.4 Å². The number of ketones is 1. The molecule has 0 radical (unpaired) electrons. The van der Waals surface area contributed by atoms with E-state index in [1.54, 1.807) is 4.31 Å². The number of Topliss-reactive ketones (excluding diaryl/α,β-unsaturated/α-hetero) is 1. The van der Waals surface area contributed by atoms with Crippen LogP contribution in [0.2, 0.25) is 0 Å². The molecule has 208 valence electrons. The third kappa shape index (κ3) is 4.27. The quantitative estimate of drug-likeness (QED) is 0.438. The smallest absolute Gasteiger partial charge is 0.215 e. The topological polar surface area (TPSA) is 101 Å². The second kappa shape index (κ2) is 9.66. The third-order valence-corrected chi connectivity index (χ3v) is 11.7. The van der Waals surface area contributed by atoms with E-state index in [0.717, 1.165) is 47.6 Å². The number of para-hydroxylation sites is 1. The van der Waals surface area contributed by atoms with E-state index < -0.39 is 15.4 Å². The molecule has 2 bridgehead atoms. The first kappa shape index (κ1) is 26.4. The van der Waals surface area contributed by atoms with Gasteiger partial charge in [-0.3, -0.25) is 4.79 Å². The summed E-state index contributed by atoms with van der Waals surface area (Å²) in [6, 6.07) is 9.94. The van der Waals surface area contributed by atoms with Crippen LogP contribution in [0.5, 0.6) is 0 Å². The van der Waals surface area contributed by atoms with Gasteiger partial charge in [0.25, 0.3) is 0 Å². The van der Waals surface area contributed by atoms with Crippen molar-refractivity contribution < 1.29 is 13.2 Å². The molecule has 2 aromatic heterocycles. The predicted octanol–water partition coefficient (Wildman–Crippen LogP) is 4.01. The van der Waals surface area contributed by atoms with Crippen LogP contribution in [0.15, 0.2) is 36.5 Å². The van der Waals surface area contributed by atoms with Gasteiger partial charge in [-0.15, -0.1) is 0 Å². The fourth-order valence-corrected chi connectivity index (χ4v) is 9.42. The first-order valence-corrected chi connectivity index (χ1v) is 15.8. The minimum atomic E-state index is -3.60. The minimum absolute atomic E-state index is 0.0649. The van der Waals surface area contributed by atoms with E-state index in [1.165, 1.54) is 0 Å². The first-order valence-electron chi connectivity index (χ1n) is 14.2. The normalized spacial score (nSPS) is 25.5. The number of rotatable bonds is 7. The molecule has 39 heavy (non-hydrogen) atoms. The Labute approximate surface area is 230 Å². The van der Waals surface area contributed by atoms with Gasteiger partial charge in [0, 0.05) is 44.4 Å². The molecule has 2 aliphatic carbocycles. The molecule has 2 atom stereocenters. The summed E-state index contributed by atoms with van der Waals surface area (Å²) in [4.78, 5) is 25.0. The molecule has 0 spiro atoms. The maximum absolute atomic E-state index is 13.8. The van der Waals surface area contributed by atoms with Crippen molar-refractivity contribution in [3.63, 3.8) is 0 Å². The Hall–Kier alpha value is -2.85. The van der Waals surface area contributed by atoms with Crippen molar-refractivity contribution >= 4 is 32.7 Å². The zero-order chi connectivity index (χ0) is 27.4. The van der Waals surface area contributed by atoms with E-state index in [2.05, 4.69) is 30.8 Å². The summed E-state index contributed by atoms with van der Waals surface area (Å²) in [7, 11) is -3.60. The Bertz CT molecular complexity index is 1500. The highest BCUT2D eigenvalue weighted by Crippen LogP contribution is 2.64. The van der Waals surface area contributed by atoms with Crippen LogP contribution in [0.25, 0.3) is 16.7 Å². The number of anilines is 1. The number of carbonyl (C=O) groups is 1. The van der Waals surface area contributed by atoms with E-state index in [0.29, 0.717) is 51.4 Å². The molecule has 3 aromatic rings. The van der Waals surface area contributed by atoms with Gasteiger partial charge in [-0.05, 0) is 49.1 Å². The summed E-state index contributed by atoms with van der Waals surface area (Å²) >= 11 is 0. The number of hydrogen-bond acceptors (Lipinski definition) is 7. The Morgan fingerprint density at radius 3 is 2.54 bits per heavy atom. The molecule has 1 unspecified atom stereocenters. The van der Waals surface area contributed by atoms with E-state index in [-0.39, 0.29) is 17.0 Å². The number of carbonyl (C=O) groups excluding carboxylic acids is 1. The van der Waals surface area contributed by atoms with Crippen LogP contribution in [0.3, 0.4) is 0 Å². The van der Waals surface area contributed by atoms with Crippen LogP contribution in [-0.4, -0.2) is 70.2 Å². The Kier molecular flexibility index (Phi) is 6.53. The minimum Gasteiger partial charge on any atom is -0.355 e. The van der Waals surface area contributed by atoms with Crippen molar-refractivity contribution in [2.45, 2.75) is 59.3 Å². The Morgan fingerprint density at radius 2 is 1.85 bits per heavy atom. The highest BCUT2D eigenvalue weighted by molar-refractivity contribution is 7.89. The van der Waals surface area contributed by atoms with Gasteiger partial charge in [-0.25, -0.2) is 27.4 Å². The van der Waals surface area contributed by atoms with Gasteiger partial charge < -0.3 is 4.90 Å². The molecule has 1 aromatic carbocycles. The molecule has 3 fully saturated rings. The standard InChI is InChI=1S/C29H38N6O3S/c1-4-9-25-31-26(23-19-30-35(27(23)32-25)22-10-6-5-7-11-22)33-14-8-15-34(17-16-33)39(37,38)20-29-13-12-21(18-24(29)36)28(29,2)3/h5-7,10-11,19,21H,4,8-9,12-18,20H2,1-3H3/t21?,29-/m1/s1. The van der Waals surface area contributed by atoms with Crippen LogP contribution in [0.4, 0.5) is 5.82 Å². The third-order valence-electron chi connectivity index (χ3n) is 9.64. The summed E-state index contributed by atoms with van der Waals surface area (Å²) < 4.78 is 31.0. The maximum atomic E-state index is 13.8. The lowest BCUT2D eigenvalue weighted by molar-refractivity contribution is -0.128. The van der Waals surface area contributed by atoms with E-state index >= 15 is 0 Å². The molecular weight excluding hydrogens is 512 g/mol. The molecule has 6 rings (SSSR count). The number of fused-ring (bicyclic) bond motifs is 3. The largest absolute Gasteiger partial charge is 0.355 e. The molecule has 9 nitrogen and oxygen atoms in total. The highest BCUT2D eigenvalue weighted by Gasteiger charge is 2.65. The Morgan fingerprint density at radius 1 is 1.05 bits per heavy atom. The van der Waals surface area contributed by atoms with Gasteiger partial charge in [-0.1, -0.05) is 39.0 Å². The van der Waals surface area contributed by atoms with Gasteiger partial charge in [0.15, 0.2) is 5.65 Å². The monoisotopic (exact) mass is 550 g/mol. The van der Waals surface area contributed by atoms with Crippen molar-refractivity contribution in [1.82, 2.24) is 24.1 Å². The number of aromatic nitrogens is 4. The van der Waals surface area contributed by atoms with Gasteiger partial charge in [0.1, 0.15) is 17.4 Å². The van der Waals surface area contributed by atoms with Crippen molar-refractivity contribution in [2.75, 3.05) is 36.8 Å². The fourth-order valence-electron chi connectivity index (χ4n) is 7.17. The van der Waals surface area contributed by atoms with Crippen LogP contribution >= 0.6 is 0 Å². The zero-order valence-electron chi connectivity index (χ0n) is 23.1. The summed E-state index contributed by atoms with van der Waals surface area (Å²) in [6.07, 6.45) is 6.34. The van der Waals surface area contributed by atoms with E-state index in [1.807, 2.05) is 41.2 Å². The Balaban J connectivity index is 1.28. The second-order valence-electron chi connectivity index (χ2n) is 12.0. The summed E-state index contributed by atoms with van der Waals surface area (Å²) in [5.74, 6) is 1.96. The second-order valence-corrected chi connectivity index (χ2v) is 14.0. The number of benzene rings is 1. The van der Waals surface area contributed by atoms with Crippen LogP contribution in [0.1, 0.15) is 58.7 Å². The van der Waals surface area contributed by atoms with Gasteiger partial charge in [0.05, 0.1) is 23.0 Å². The SMILES string of the molecule is CCCc1nc(N2CCCN(S(=O)(=O)C[C@]34CCC(CC3=O)C4(C)C)CC2)c2cnn(-c3ccccc3)c2n1. The predicted molar refractivity (Wildman–Crippen MR) is 151 cm³/mol. The van der Waals surface area contributed by atoms with Gasteiger partial charge in [0.2, 0.25) is 10.0 Å². The summed E-state index contributed by atoms with van der Waals surface area (Å²) in [5.41, 5.74) is 0.685. The average molecular weight is 551 g/mol. The van der Waals surface area contributed by atoms with Gasteiger partial charge >= 0.3 is 0 Å². The van der Waals surface area contributed by atoms with E-state index in [9.17, 15) is 13.2 Å². The van der Waals surface area contributed by atoms with Crippen molar-refractivity contribution in [3.8, 4) is 5.69 Å². The number of sulfonamides is 1. The molecule has 0 N–H and O–H groups in total. The molecule has 2 saturated carbocycles.